The van der Waals surface area contributed by atoms with Crippen molar-refractivity contribution >= 4 is 5.91 Å². The lowest BCUT2D eigenvalue weighted by Gasteiger charge is -2.15. The zero-order valence-electron chi connectivity index (χ0n) is 17.3. The van der Waals surface area contributed by atoms with Crippen LogP contribution in [0.5, 0.6) is 17.2 Å². The molecule has 3 aromatic rings. The van der Waals surface area contributed by atoms with Crippen molar-refractivity contribution in [3.63, 3.8) is 0 Å². The highest BCUT2D eigenvalue weighted by Crippen LogP contribution is 2.33. The van der Waals surface area contributed by atoms with E-state index < -0.39 is 34.6 Å². The SMILES string of the molecule is Cn1c(Cc2ccccc2C(F)(F)F)nc(C(=O)NCc2ccc3c(c2)OCO3)c(O)c1=O. The summed E-state index contributed by atoms with van der Waals surface area (Å²) in [6.07, 6.45) is -4.97. The maximum atomic E-state index is 13.3. The molecule has 0 saturated heterocycles. The van der Waals surface area contributed by atoms with Gasteiger partial charge in [0.25, 0.3) is 11.5 Å². The van der Waals surface area contributed by atoms with E-state index in [1.165, 1.54) is 25.2 Å². The van der Waals surface area contributed by atoms with Gasteiger partial charge in [0.2, 0.25) is 12.5 Å². The number of benzene rings is 2. The molecule has 0 aliphatic carbocycles. The van der Waals surface area contributed by atoms with Gasteiger partial charge in [-0.1, -0.05) is 24.3 Å². The molecule has 0 fully saturated rings. The Kier molecular flexibility index (Phi) is 5.71. The monoisotopic (exact) mass is 461 g/mol. The Balaban J connectivity index is 1.60. The number of nitrogens with one attached hydrogen (secondary N) is 1. The van der Waals surface area contributed by atoms with Gasteiger partial charge in [-0.2, -0.15) is 13.2 Å². The normalized spacial score (nSPS) is 12.6. The first-order valence-corrected chi connectivity index (χ1v) is 9.76. The number of amides is 1. The number of alkyl halides is 3. The summed E-state index contributed by atoms with van der Waals surface area (Å²) in [5.74, 6) is -0.772. The van der Waals surface area contributed by atoms with Crippen molar-refractivity contribution in [2.45, 2.75) is 19.1 Å². The van der Waals surface area contributed by atoms with E-state index in [2.05, 4.69) is 10.3 Å². The topological polar surface area (TPSA) is 103 Å². The summed E-state index contributed by atoms with van der Waals surface area (Å²) in [4.78, 5) is 29.1. The lowest BCUT2D eigenvalue weighted by atomic mass is 10.0. The Morgan fingerprint density at radius 1 is 1.18 bits per heavy atom. The largest absolute Gasteiger partial charge is 0.501 e. The molecule has 33 heavy (non-hydrogen) atoms. The highest BCUT2D eigenvalue weighted by molar-refractivity contribution is 5.94. The van der Waals surface area contributed by atoms with Crippen LogP contribution in [-0.4, -0.2) is 27.4 Å². The number of halogens is 3. The fourth-order valence-electron chi connectivity index (χ4n) is 3.39. The van der Waals surface area contributed by atoms with Gasteiger partial charge in [0, 0.05) is 20.0 Å². The molecule has 2 N–H and O–H groups in total. The molecule has 1 aliphatic heterocycles. The lowest BCUT2D eigenvalue weighted by molar-refractivity contribution is -0.138. The van der Waals surface area contributed by atoms with Crippen LogP contribution in [0, 0.1) is 0 Å². The van der Waals surface area contributed by atoms with Crippen LogP contribution in [0.1, 0.15) is 33.0 Å². The molecular weight excluding hydrogens is 443 g/mol. The number of hydrogen-bond donors (Lipinski definition) is 2. The summed E-state index contributed by atoms with van der Waals surface area (Å²) >= 11 is 0. The second-order valence-corrected chi connectivity index (χ2v) is 7.29. The Hall–Kier alpha value is -4.02. The third-order valence-electron chi connectivity index (χ3n) is 5.14. The van der Waals surface area contributed by atoms with Crippen molar-refractivity contribution in [2.24, 2.45) is 7.05 Å². The standard InChI is InChI=1S/C22H18F3N3O5/c1-28-17(9-13-4-2-3-5-14(13)22(23,24)25)27-18(19(29)21(28)31)20(30)26-10-12-6-7-15-16(8-12)33-11-32-15/h2-8,29H,9-11H2,1H3,(H,26,30). The fraction of sp³-hybridized carbons (Fsp3) is 0.227. The number of hydrogen-bond acceptors (Lipinski definition) is 6. The Labute approximate surface area is 185 Å². The highest BCUT2D eigenvalue weighted by Gasteiger charge is 2.33. The van der Waals surface area contributed by atoms with Gasteiger partial charge < -0.3 is 19.9 Å². The van der Waals surface area contributed by atoms with Gasteiger partial charge >= 0.3 is 6.18 Å². The molecule has 1 amide bonds. The second-order valence-electron chi connectivity index (χ2n) is 7.29. The van der Waals surface area contributed by atoms with Crippen molar-refractivity contribution in [3.05, 3.63) is 81.0 Å². The maximum Gasteiger partial charge on any atom is 0.416 e. The van der Waals surface area contributed by atoms with E-state index in [1.54, 1.807) is 18.2 Å². The number of carbonyl (C=O) groups is 1. The minimum absolute atomic E-state index is 0.0258. The fourth-order valence-corrected chi connectivity index (χ4v) is 3.39. The molecule has 0 bridgehead atoms. The number of nitrogens with zero attached hydrogens (tertiary/aromatic N) is 2. The number of aromatic hydroxyl groups is 1. The third kappa shape index (κ3) is 4.47. The summed E-state index contributed by atoms with van der Waals surface area (Å²) in [5.41, 5.74) is -1.85. The zero-order chi connectivity index (χ0) is 23.8. The average Bonchev–Trinajstić information content (AvgIpc) is 3.25. The summed E-state index contributed by atoms with van der Waals surface area (Å²) in [6, 6.07) is 9.92. The molecule has 2 heterocycles. The van der Waals surface area contributed by atoms with Crippen LogP contribution in [0.3, 0.4) is 0 Å². The van der Waals surface area contributed by atoms with Crippen molar-refractivity contribution < 1.29 is 32.5 Å². The first-order valence-electron chi connectivity index (χ1n) is 9.76. The second kappa shape index (κ2) is 8.49. The number of aromatic nitrogens is 2. The van der Waals surface area contributed by atoms with Gasteiger partial charge in [0.1, 0.15) is 5.82 Å². The van der Waals surface area contributed by atoms with Crippen LogP contribution < -0.4 is 20.3 Å². The van der Waals surface area contributed by atoms with E-state index in [4.69, 9.17) is 9.47 Å². The Morgan fingerprint density at radius 3 is 2.67 bits per heavy atom. The zero-order valence-corrected chi connectivity index (χ0v) is 17.3. The lowest BCUT2D eigenvalue weighted by Crippen LogP contribution is -2.30. The molecule has 4 rings (SSSR count). The van der Waals surface area contributed by atoms with E-state index >= 15 is 0 Å². The first-order chi connectivity index (χ1) is 15.6. The summed E-state index contributed by atoms with van der Waals surface area (Å²) in [5, 5.41) is 12.7. The molecule has 0 unspecified atom stereocenters. The van der Waals surface area contributed by atoms with E-state index in [1.807, 2.05) is 0 Å². The van der Waals surface area contributed by atoms with E-state index in [0.717, 1.165) is 10.6 Å². The van der Waals surface area contributed by atoms with E-state index in [0.29, 0.717) is 17.1 Å². The predicted octanol–water partition coefficient (Wildman–Crippen LogP) is 2.75. The van der Waals surface area contributed by atoms with Gasteiger partial charge in [0.05, 0.1) is 5.56 Å². The van der Waals surface area contributed by atoms with Gasteiger partial charge in [-0.05, 0) is 29.3 Å². The van der Waals surface area contributed by atoms with Crippen LogP contribution in [0.25, 0.3) is 0 Å². The molecule has 1 aromatic heterocycles. The highest BCUT2D eigenvalue weighted by atomic mass is 19.4. The van der Waals surface area contributed by atoms with Crippen molar-refractivity contribution in [3.8, 4) is 17.2 Å². The minimum Gasteiger partial charge on any atom is -0.501 e. The molecule has 0 atom stereocenters. The van der Waals surface area contributed by atoms with Gasteiger partial charge in [-0.25, -0.2) is 4.98 Å². The molecule has 8 nitrogen and oxygen atoms in total. The average molecular weight is 461 g/mol. The summed E-state index contributed by atoms with van der Waals surface area (Å²) in [6.45, 7) is 0.120. The predicted molar refractivity (Wildman–Crippen MR) is 109 cm³/mol. The molecule has 0 saturated carbocycles. The van der Waals surface area contributed by atoms with Crippen molar-refractivity contribution in [1.82, 2.24) is 14.9 Å². The molecule has 0 radical (unpaired) electrons. The van der Waals surface area contributed by atoms with E-state index in [-0.39, 0.29) is 31.1 Å². The Bertz CT molecular complexity index is 1290. The number of rotatable bonds is 5. The minimum atomic E-state index is -4.60. The smallest absolute Gasteiger partial charge is 0.416 e. The van der Waals surface area contributed by atoms with E-state index in [9.17, 15) is 27.9 Å². The third-order valence-corrected chi connectivity index (χ3v) is 5.14. The molecule has 11 heteroatoms. The van der Waals surface area contributed by atoms with Crippen LogP contribution in [0.15, 0.2) is 47.3 Å². The van der Waals surface area contributed by atoms with Crippen LogP contribution in [0.2, 0.25) is 0 Å². The first kappa shape index (κ1) is 22.2. The quantitative estimate of drug-likeness (QED) is 0.606. The number of ether oxygens (including phenoxy) is 2. The van der Waals surface area contributed by atoms with Crippen LogP contribution in [0.4, 0.5) is 13.2 Å². The van der Waals surface area contributed by atoms with Crippen LogP contribution >= 0.6 is 0 Å². The van der Waals surface area contributed by atoms with Gasteiger partial charge in [-0.15, -0.1) is 0 Å². The molecule has 2 aromatic carbocycles. The van der Waals surface area contributed by atoms with Crippen molar-refractivity contribution in [1.29, 1.82) is 0 Å². The molecule has 172 valence electrons. The van der Waals surface area contributed by atoms with Gasteiger partial charge in [0.15, 0.2) is 17.2 Å². The Morgan fingerprint density at radius 2 is 1.91 bits per heavy atom. The molecule has 1 aliphatic rings. The summed E-state index contributed by atoms with van der Waals surface area (Å²) < 4.78 is 51.4. The molecular formula is C22H18F3N3O5. The number of fused-ring (bicyclic) bond motifs is 1. The van der Waals surface area contributed by atoms with Crippen LogP contribution in [-0.2, 0) is 26.2 Å². The maximum absolute atomic E-state index is 13.3. The molecule has 0 spiro atoms. The van der Waals surface area contributed by atoms with Gasteiger partial charge in [-0.3, -0.25) is 14.2 Å². The summed E-state index contributed by atoms with van der Waals surface area (Å²) in [7, 11) is 1.26. The number of carbonyl (C=O) groups excluding carboxylic acids is 1. The van der Waals surface area contributed by atoms with Crippen molar-refractivity contribution in [2.75, 3.05) is 6.79 Å².